The Bertz CT molecular complexity index is 473. The number of nitrogens with one attached hydrogen (secondary N) is 1. The number of hydrogen-bond donors (Lipinski definition) is 2. The number of aliphatic carboxylic acids is 1. The fourth-order valence-electron chi connectivity index (χ4n) is 2.54. The van der Waals surface area contributed by atoms with Gasteiger partial charge in [-0.2, -0.15) is 0 Å². The van der Waals surface area contributed by atoms with Gasteiger partial charge in [0.05, 0.1) is 6.33 Å². The molecular weight excluding hydrogens is 246 g/mol. The summed E-state index contributed by atoms with van der Waals surface area (Å²) in [5, 5.41) is 12.2. The Morgan fingerprint density at radius 2 is 1.95 bits per heavy atom. The summed E-state index contributed by atoms with van der Waals surface area (Å²) in [4.78, 5) is 27.6. The van der Waals surface area contributed by atoms with Gasteiger partial charge in [-0.25, -0.2) is 9.78 Å². The maximum absolute atomic E-state index is 12.1. The molecule has 1 saturated carbocycles. The first-order valence-electron chi connectivity index (χ1n) is 6.57. The van der Waals surface area contributed by atoms with Crippen molar-refractivity contribution in [2.24, 2.45) is 7.05 Å². The van der Waals surface area contributed by atoms with Crippen molar-refractivity contribution in [3.05, 3.63) is 18.2 Å². The van der Waals surface area contributed by atoms with Crippen LogP contribution in [0.15, 0.2) is 12.5 Å². The standard InChI is InChI=1S/C13H19N3O3/c1-16-8-10(14-9-16)11(17)15-13(12(18)19)6-4-2-3-5-7-13/h8-9H,2-7H2,1H3,(H,15,17)(H,18,19). The molecule has 1 aliphatic carbocycles. The van der Waals surface area contributed by atoms with Gasteiger partial charge in [-0.05, 0) is 12.8 Å². The molecule has 0 bridgehead atoms. The first-order valence-corrected chi connectivity index (χ1v) is 6.57. The highest BCUT2D eigenvalue weighted by molar-refractivity contribution is 5.96. The van der Waals surface area contributed by atoms with Gasteiger partial charge in [0.15, 0.2) is 0 Å². The number of hydrogen-bond acceptors (Lipinski definition) is 3. The van der Waals surface area contributed by atoms with Gasteiger partial charge in [-0.1, -0.05) is 25.7 Å². The van der Waals surface area contributed by atoms with E-state index in [1.165, 1.54) is 6.33 Å². The summed E-state index contributed by atoms with van der Waals surface area (Å²) in [5.41, 5.74) is -0.877. The van der Waals surface area contributed by atoms with Crippen molar-refractivity contribution in [2.45, 2.75) is 44.1 Å². The molecule has 19 heavy (non-hydrogen) atoms. The minimum absolute atomic E-state index is 0.257. The SMILES string of the molecule is Cn1cnc(C(=O)NC2(C(=O)O)CCCCCC2)c1. The molecule has 1 heterocycles. The first-order chi connectivity index (χ1) is 9.03. The van der Waals surface area contributed by atoms with Gasteiger partial charge >= 0.3 is 5.97 Å². The van der Waals surface area contributed by atoms with Crippen LogP contribution in [-0.4, -0.2) is 32.1 Å². The molecular formula is C13H19N3O3. The van der Waals surface area contributed by atoms with Gasteiger partial charge in [-0.15, -0.1) is 0 Å². The van der Waals surface area contributed by atoms with Crippen LogP contribution in [0.4, 0.5) is 0 Å². The third-order valence-electron chi connectivity index (χ3n) is 3.66. The van der Waals surface area contributed by atoms with Crippen LogP contribution in [0, 0.1) is 0 Å². The van der Waals surface area contributed by atoms with Crippen LogP contribution in [0.5, 0.6) is 0 Å². The third-order valence-corrected chi connectivity index (χ3v) is 3.66. The molecule has 2 rings (SSSR count). The average molecular weight is 265 g/mol. The fourth-order valence-corrected chi connectivity index (χ4v) is 2.54. The molecule has 0 aliphatic heterocycles. The van der Waals surface area contributed by atoms with Gasteiger partial charge in [0.1, 0.15) is 11.2 Å². The second kappa shape index (κ2) is 5.42. The van der Waals surface area contributed by atoms with Crippen molar-refractivity contribution >= 4 is 11.9 Å². The Labute approximate surface area is 111 Å². The molecule has 1 fully saturated rings. The van der Waals surface area contributed by atoms with Crippen LogP contribution in [0.1, 0.15) is 49.0 Å². The number of carboxylic acids is 1. The maximum atomic E-state index is 12.1. The van der Waals surface area contributed by atoms with E-state index >= 15 is 0 Å². The predicted octanol–water partition coefficient (Wildman–Crippen LogP) is 1.33. The van der Waals surface area contributed by atoms with E-state index < -0.39 is 17.4 Å². The third kappa shape index (κ3) is 2.94. The van der Waals surface area contributed by atoms with Gasteiger partial charge < -0.3 is 15.0 Å². The molecule has 1 aromatic heterocycles. The summed E-state index contributed by atoms with van der Waals surface area (Å²) < 4.78 is 1.66. The zero-order chi connectivity index (χ0) is 13.9. The van der Waals surface area contributed by atoms with Crippen molar-refractivity contribution < 1.29 is 14.7 Å². The molecule has 6 heteroatoms. The van der Waals surface area contributed by atoms with Crippen molar-refractivity contribution in [1.82, 2.24) is 14.9 Å². The molecule has 1 amide bonds. The van der Waals surface area contributed by atoms with Crippen LogP contribution in [0.3, 0.4) is 0 Å². The highest BCUT2D eigenvalue weighted by Crippen LogP contribution is 2.27. The van der Waals surface area contributed by atoms with E-state index in [0.29, 0.717) is 12.8 Å². The molecule has 0 radical (unpaired) electrons. The van der Waals surface area contributed by atoms with Crippen molar-refractivity contribution in [1.29, 1.82) is 0 Å². The van der Waals surface area contributed by atoms with E-state index in [9.17, 15) is 14.7 Å². The van der Waals surface area contributed by atoms with E-state index in [2.05, 4.69) is 10.3 Å². The van der Waals surface area contributed by atoms with Crippen LogP contribution < -0.4 is 5.32 Å². The lowest BCUT2D eigenvalue weighted by atomic mass is 9.90. The zero-order valence-electron chi connectivity index (χ0n) is 11.1. The van der Waals surface area contributed by atoms with E-state index in [-0.39, 0.29) is 5.69 Å². The lowest BCUT2D eigenvalue weighted by molar-refractivity contribution is -0.145. The van der Waals surface area contributed by atoms with Crippen LogP contribution in [0.25, 0.3) is 0 Å². The van der Waals surface area contributed by atoms with Crippen LogP contribution >= 0.6 is 0 Å². The Morgan fingerprint density at radius 1 is 1.32 bits per heavy atom. The minimum atomic E-state index is -1.13. The second-order valence-corrected chi connectivity index (χ2v) is 5.18. The number of amides is 1. The molecule has 2 N–H and O–H groups in total. The molecule has 0 spiro atoms. The lowest BCUT2D eigenvalue weighted by Crippen LogP contribution is -2.54. The summed E-state index contributed by atoms with van der Waals surface area (Å²) in [5.74, 6) is -1.36. The summed E-state index contributed by atoms with van der Waals surface area (Å²) in [6.07, 6.45) is 7.78. The number of carboxylic acid groups (broad SMARTS) is 1. The largest absolute Gasteiger partial charge is 0.480 e. The quantitative estimate of drug-likeness (QED) is 0.807. The number of carbonyl (C=O) groups is 2. The zero-order valence-corrected chi connectivity index (χ0v) is 11.1. The van der Waals surface area contributed by atoms with E-state index in [0.717, 1.165) is 25.7 Å². The van der Waals surface area contributed by atoms with Gasteiger partial charge in [0, 0.05) is 13.2 Å². The van der Waals surface area contributed by atoms with E-state index in [4.69, 9.17) is 0 Å². The molecule has 1 aliphatic rings. The minimum Gasteiger partial charge on any atom is -0.480 e. The molecule has 0 saturated heterocycles. The molecule has 1 aromatic rings. The lowest BCUT2D eigenvalue weighted by Gasteiger charge is -2.28. The monoisotopic (exact) mass is 265 g/mol. The average Bonchev–Trinajstić information content (AvgIpc) is 2.65. The van der Waals surface area contributed by atoms with Gasteiger partial charge in [0.25, 0.3) is 5.91 Å². The van der Waals surface area contributed by atoms with Crippen molar-refractivity contribution in [2.75, 3.05) is 0 Å². The Balaban J connectivity index is 2.16. The maximum Gasteiger partial charge on any atom is 0.329 e. The number of imidazole rings is 1. The van der Waals surface area contributed by atoms with E-state index in [1.54, 1.807) is 17.8 Å². The summed E-state index contributed by atoms with van der Waals surface area (Å²) in [6, 6.07) is 0. The number of carbonyl (C=O) groups excluding carboxylic acids is 1. The first kappa shape index (κ1) is 13.6. The fraction of sp³-hybridized carbons (Fsp3) is 0.615. The molecule has 0 aromatic carbocycles. The Hall–Kier alpha value is -1.85. The molecule has 104 valence electrons. The van der Waals surface area contributed by atoms with Crippen LogP contribution in [-0.2, 0) is 11.8 Å². The second-order valence-electron chi connectivity index (χ2n) is 5.18. The molecule has 0 unspecified atom stereocenters. The topological polar surface area (TPSA) is 84.2 Å². The van der Waals surface area contributed by atoms with E-state index in [1.807, 2.05) is 0 Å². The van der Waals surface area contributed by atoms with Crippen molar-refractivity contribution in [3.8, 4) is 0 Å². The smallest absolute Gasteiger partial charge is 0.329 e. The van der Waals surface area contributed by atoms with Crippen LogP contribution in [0.2, 0.25) is 0 Å². The predicted molar refractivity (Wildman–Crippen MR) is 68.7 cm³/mol. The number of rotatable bonds is 3. The summed E-state index contributed by atoms with van der Waals surface area (Å²) in [7, 11) is 1.77. The van der Waals surface area contributed by atoms with Gasteiger partial charge in [-0.3, -0.25) is 4.79 Å². The highest BCUT2D eigenvalue weighted by atomic mass is 16.4. The van der Waals surface area contributed by atoms with Crippen molar-refractivity contribution in [3.63, 3.8) is 0 Å². The Kier molecular flexibility index (Phi) is 3.87. The summed E-state index contributed by atoms with van der Waals surface area (Å²) in [6.45, 7) is 0. The number of aryl methyl sites for hydroxylation is 1. The Morgan fingerprint density at radius 3 is 2.42 bits per heavy atom. The molecule has 6 nitrogen and oxygen atoms in total. The number of nitrogens with zero attached hydrogens (tertiary/aromatic N) is 2. The van der Waals surface area contributed by atoms with Gasteiger partial charge in [0.2, 0.25) is 0 Å². The summed E-state index contributed by atoms with van der Waals surface area (Å²) >= 11 is 0. The number of aromatic nitrogens is 2. The molecule has 0 atom stereocenters. The normalized spacial score (nSPS) is 18.6. The highest BCUT2D eigenvalue weighted by Gasteiger charge is 2.40.